The standard InChI is InChI=1S/C25H27N5O/c26-15-23(30-13-5-4-8-24(30)25(27)31)14-19-9-11-21(12-10-19)22-16-28-29(18-22)17-20-6-2-1-3-7-20/h1-3,6-7,9-12,16,18,23-24H,4-5,8,13-14,17H2,(H2,27,31)/t23-,24?/m0/s1. The molecule has 158 valence electrons. The maximum absolute atomic E-state index is 11.8. The van der Waals surface area contributed by atoms with Gasteiger partial charge < -0.3 is 5.73 Å². The van der Waals surface area contributed by atoms with Crippen LogP contribution in [0, 0.1) is 11.3 Å². The van der Waals surface area contributed by atoms with E-state index in [1.165, 1.54) is 5.56 Å². The average Bonchev–Trinajstić information content (AvgIpc) is 3.27. The van der Waals surface area contributed by atoms with Crippen LogP contribution < -0.4 is 5.73 Å². The van der Waals surface area contributed by atoms with Crippen LogP contribution in [0.5, 0.6) is 0 Å². The molecule has 1 amide bonds. The third-order valence-corrected chi connectivity index (χ3v) is 5.96. The number of piperidine rings is 1. The Bertz CT molecular complexity index is 1050. The average molecular weight is 414 g/mol. The first-order valence-corrected chi connectivity index (χ1v) is 10.7. The summed E-state index contributed by atoms with van der Waals surface area (Å²) < 4.78 is 1.94. The highest BCUT2D eigenvalue weighted by atomic mass is 16.1. The smallest absolute Gasteiger partial charge is 0.234 e. The molecule has 0 aliphatic carbocycles. The monoisotopic (exact) mass is 413 g/mol. The first-order valence-electron chi connectivity index (χ1n) is 10.7. The van der Waals surface area contributed by atoms with Crippen LogP contribution in [-0.4, -0.2) is 39.2 Å². The summed E-state index contributed by atoms with van der Waals surface area (Å²) in [7, 11) is 0. The zero-order valence-electron chi connectivity index (χ0n) is 17.5. The highest BCUT2D eigenvalue weighted by molar-refractivity contribution is 5.80. The largest absolute Gasteiger partial charge is 0.368 e. The number of nitrogens with zero attached hydrogens (tertiary/aromatic N) is 4. The normalized spacial score (nSPS) is 17.7. The predicted molar refractivity (Wildman–Crippen MR) is 120 cm³/mol. The van der Waals surface area contributed by atoms with Gasteiger partial charge in [-0.3, -0.25) is 14.4 Å². The lowest BCUT2D eigenvalue weighted by Gasteiger charge is -2.36. The van der Waals surface area contributed by atoms with Crippen molar-refractivity contribution in [1.29, 1.82) is 5.26 Å². The molecular weight excluding hydrogens is 386 g/mol. The van der Waals surface area contributed by atoms with E-state index in [2.05, 4.69) is 47.6 Å². The molecule has 3 aromatic rings. The van der Waals surface area contributed by atoms with Gasteiger partial charge in [-0.2, -0.15) is 10.4 Å². The molecule has 1 aliphatic heterocycles. The fraction of sp³-hybridized carbons (Fsp3) is 0.320. The van der Waals surface area contributed by atoms with Gasteiger partial charge in [0.05, 0.1) is 24.9 Å². The van der Waals surface area contributed by atoms with E-state index in [1.54, 1.807) is 0 Å². The molecule has 0 spiro atoms. The third-order valence-electron chi connectivity index (χ3n) is 5.96. The second kappa shape index (κ2) is 9.59. The number of hydrogen-bond donors (Lipinski definition) is 1. The number of nitriles is 1. The second-order valence-corrected chi connectivity index (χ2v) is 8.11. The zero-order chi connectivity index (χ0) is 21.6. The van der Waals surface area contributed by atoms with Crippen molar-refractivity contribution in [2.45, 2.75) is 44.3 Å². The Morgan fingerprint density at radius 2 is 1.87 bits per heavy atom. The Labute approximate surface area is 182 Å². The lowest BCUT2D eigenvalue weighted by atomic mass is 9.96. The Hall–Kier alpha value is -3.43. The van der Waals surface area contributed by atoms with Crippen LogP contribution in [0.3, 0.4) is 0 Å². The second-order valence-electron chi connectivity index (χ2n) is 8.11. The number of benzene rings is 2. The summed E-state index contributed by atoms with van der Waals surface area (Å²) in [6.07, 6.45) is 7.21. The maximum atomic E-state index is 11.8. The molecule has 0 radical (unpaired) electrons. The van der Waals surface area contributed by atoms with Crippen molar-refractivity contribution in [3.05, 3.63) is 78.1 Å². The summed E-state index contributed by atoms with van der Waals surface area (Å²) in [6, 6.07) is 20.2. The summed E-state index contributed by atoms with van der Waals surface area (Å²) in [5, 5.41) is 14.2. The number of carbonyl (C=O) groups excluding carboxylic acids is 1. The van der Waals surface area contributed by atoms with Gasteiger partial charge in [0, 0.05) is 24.7 Å². The van der Waals surface area contributed by atoms with Gasteiger partial charge >= 0.3 is 0 Å². The molecule has 4 rings (SSSR count). The summed E-state index contributed by atoms with van der Waals surface area (Å²) in [4.78, 5) is 13.8. The van der Waals surface area contributed by atoms with Gasteiger partial charge in [-0.15, -0.1) is 0 Å². The number of carbonyl (C=O) groups is 1. The van der Waals surface area contributed by atoms with Crippen LogP contribution in [0.1, 0.15) is 30.4 Å². The molecule has 1 aromatic heterocycles. The Balaban J connectivity index is 1.43. The van der Waals surface area contributed by atoms with Gasteiger partial charge in [0.1, 0.15) is 6.04 Å². The van der Waals surface area contributed by atoms with Crippen LogP contribution in [-0.2, 0) is 17.8 Å². The number of rotatable bonds is 7. The molecule has 1 fully saturated rings. The summed E-state index contributed by atoms with van der Waals surface area (Å²) >= 11 is 0. The summed E-state index contributed by atoms with van der Waals surface area (Å²) in [6.45, 7) is 1.48. The molecule has 1 saturated heterocycles. The molecule has 6 heteroatoms. The molecule has 1 unspecified atom stereocenters. The number of likely N-dealkylation sites (tertiary alicyclic amines) is 1. The topological polar surface area (TPSA) is 87.9 Å². The molecule has 2 aromatic carbocycles. The van der Waals surface area contributed by atoms with Gasteiger partial charge in [0.2, 0.25) is 5.91 Å². The number of hydrogen-bond acceptors (Lipinski definition) is 4. The van der Waals surface area contributed by atoms with Gasteiger partial charge in [-0.05, 0) is 29.5 Å². The lowest BCUT2D eigenvalue weighted by Crippen LogP contribution is -2.52. The minimum atomic E-state index is -0.350. The van der Waals surface area contributed by atoms with Crippen molar-refractivity contribution in [1.82, 2.24) is 14.7 Å². The molecule has 1 aliphatic rings. The molecule has 0 bridgehead atoms. The van der Waals surface area contributed by atoms with Gasteiger partial charge in [0.15, 0.2) is 0 Å². The Kier molecular flexibility index (Phi) is 6.44. The van der Waals surface area contributed by atoms with E-state index in [4.69, 9.17) is 5.73 Å². The Morgan fingerprint density at radius 1 is 1.10 bits per heavy atom. The molecule has 2 heterocycles. The molecule has 2 N–H and O–H groups in total. The van der Waals surface area contributed by atoms with Crippen LogP contribution in [0.2, 0.25) is 0 Å². The van der Waals surface area contributed by atoms with E-state index < -0.39 is 0 Å². The maximum Gasteiger partial charge on any atom is 0.234 e. The number of nitrogens with two attached hydrogens (primary N) is 1. The molecule has 31 heavy (non-hydrogen) atoms. The molecular formula is C25H27N5O. The van der Waals surface area contributed by atoms with Crippen molar-refractivity contribution in [2.75, 3.05) is 6.54 Å². The summed E-state index contributed by atoms with van der Waals surface area (Å²) in [5.74, 6) is -0.331. The summed E-state index contributed by atoms with van der Waals surface area (Å²) in [5.41, 5.74) is 10.0. The van der Waals surface area contributed by atoms with Crippen LogP contribution >= 0.6 is 0 Å². The fourth-order valence-corrected chi connectivity index (χ4v) is 4.30. The minimum absolute atomic E-state index is 0.331. The van der Waals surface area contributed by atoms with Crippen LogP contribution in [0.15, 0.2) is 67.0 Å². The quantitative estimate of drug-likeness (QED) is 0.643. The van der Waals surface area contributed by atoms with E-state index in [0.29, 0.717) is 6.42 Å². The van der Waals surface area contributed by atoms with Crippen molar-refractivity contribution in [3.8, 4) is 17.2 Å². The predicted octanol–water partition coefficient (Wildman–Crippen LogP) is 3.37. The van der Waals surface area contributed by atoms with Crippen LogP contribution in [0.25, 0.3) is 11.1 Å². The lowest BCUT2D eigenvalue weighted by molar-refractivity contribution is -0.125. The van der Waals surface area contributed by atoms with E-state index in [0.717, 1.165) is 49.0 Å². The molecule has 6 nitrogen and oxygen atoms in total. The fourth-order valence-electron chi connectivity index (χ4n) is 4.30. The van der Waals surface area contributed by atoms with Crippen LogP contribution in [0.4, 0.5) is 0 Å². The SMILES string of the molecule is N#C[C@H](Cc1ccc(-c2cnn(Cc3ccccc3)c2)cc1)N1CCCCC1C(N)=O. The number of primary amides is 1. The van der Waals surface area contributed by atoms with Gasteiger partial charge in [-0.1, -0.05) is 61.0 Å². The Morgan fingerprint density at radius 3 is 2.58 bits per heavy atom. The zero-order valence-corrected chi connectivity index (χ0v) is 17.5. The van der Waals surface area contributed by atoms with E-state index in [9.17, 15) is 10.1 Å². The van der Waals surface area contributed by atoms with Gasteiger partial charge in [0.25, 0.3) is 0 Å². The number of amides is 1. The highest BCUT2D eigenvalue weighted by Crippen LogP contribution is 2.23. The van der Waals surface area contributed by atoms with Gasteiger partial charge in [-0.25, -0.2) is 0 Å². The number of aromatic nitrogens is 2. The van der Waals surface area contributed by atoms with E-state index >= 15 is 0 Å². The third kappa shape index (κ3) is 5.01. The van der Waals surface area contributed by atoms with E-state index in [1.807, 2.05) is 40.2 Å². The van der Waals surface area contributed by atoms with Crippen molar-refractivity contribution >= 4 is 5.91 Å². The van der Waals surface area contributed by atoms with E-state index in [-0.39, 0.29) is 18.0 Å². The minimum Gasteiger partial charge on any atom is -0.368 e. The highest BCUT2D eigenvalue weighted by Gasteiger charge is 2.32. The molecule has 0 saturated carbocycles. The van der Waals surface area contributed by atoms with Crippen molar-refractivity contribution < 1.29 is 4.79 Å². The molecule has 2 atom stereocenters. The van der Waals surface area contributed by atoms with Crippen molar-refractivity contribution in [2.24, 2.45) is 5.73 Å². The first kappa shape index (κ1) is 20.8. The van der Waals surface area contributed by atoms with Crippen molar-refractivity contribution in [3.63, 3.8) is 0 Å². The first-order chi connectivity index (χ1) is 15.1.